The number of hydrogen-bond donors (Lipinski definition) is 2. The van der Waals surface area contributed by atoms with Crippen LogP contribution < -0.4 is 10.0 Å². The van der Waals surface area contributed by atoms with E-state index >= 15 is 0 Å². The van der Waals surface area contributed by atoms with Crippen molar-refractivity contribution in [2.24, 2.45) is 0 Å². The van der Waals surface area contributed by atoms with Gasteiger partial charge in [-0.1, -0.05) is 6.92 Å². The summed E-state index contributed by atoms with van der Waals surface area (Å²) in [7, 11) is -3.52. The van der Waals surface area contributed by atoms with E-state index in [4.69, 9.17) is 0 Å². The number of nitrogens with one attached hydrogen (secondary N) is 2. The maximum atomic E-state index is 12.0. The fourth-order valence-electron chi connectivity index (χ4n) is 2.57. The number of carbonyl (C=O) groups excluding carboxylic acids is 2. The normalized spacial score (nSPS) is 14.6. The maximum Gasteiger partial charge on any atom is 0.251 e. The van der Waals surface area contributed by atoms with Gasteiger partial charge in [-0.05, 0) is 37.1 Å². The molecule has 8 heteroatoms. The molecule has 1 heterocycles. The van der Waals surface area contributed by atoms with Crippen molar-refractivity contribution in [1.82, 2.24) is 14.9 Å². The molecular formula is C16H23N3O4S. The molecule has 132 valence electrons. The Morgan fingerprint density at radius 3 is 2.33 bits per heavy atom. The quantitative estimate of drug-likeness (QED) is 0.755. The van der Waals surface area contributed by atoms with Gasteiger partial charge in [0.1, 0.15) is 0 Å². The Kier molecular flexibility index (Phi) is 6.33. The summed E-state index contributed by atoms with van der Waals surface area (Å²) < 4.78 is 26.1. The highest BCUT2D eigenvalue weighted by Crippen LogP contribution is 2.11. The topological polar surface area (TPSA) is 95.6 Å². The zero-order chi connectivity index (χ0) is 17.6. The van der Waals surface area contributed by atoms with Crippen LogP contribution in [-0.4, -0.2) is 51.3 Å². The van der Waals surface area contributed by atoms with Crippen LogP contribution in [0.25, 0.3) is 0 Å². The fourth-order valence-corrected chi connectivity index (χ4v) is 3.61. The predicted octanol–water partition coefficient (Wildman–Crippen LogP) is 0.727. The molecule has 7 nitrogen and oxygen atoms in total. The van der Waals surface area contributed by atoms with E-state index in [0.717, 1.165) is 25.9 Å². The lowest BCUT2D eigenvalue weighted by Gasteiger charge is -2.15. The summed E-state index contributed by atoms with van der Waals surface area (Å²) in [5.74, 6) is -0.267. The molecular weight excluding hydrogens is 330 g/mol. The minimum atomic E-state index is -3.52. The smallest absolute Gasteiger partial charge is 0.251 e. The molecule has 0 atom stereocenters. The number of sulfonamides is 1. The van der Waals surface area contributed by atoms with Gasteiger partial charge in [0.15, 0.2) is 0 Å². The van der Waals surface area contributed by atoms with Gasteiger partial charge >= 0.3 is 0 Å². The Morgan fingerprint density at radius 2 is 1.75 bits per heavy atom. The lowest BCUT2D eigenvalue weighted by atomic mass is 10.2. The molecule has 0 bridgehead atoms. The van der Waals surface area contributed by atoms with Crippen molar-refractivity contribution < 1.29 is 18.0 Å². The number of carbonyl (C=O) groups is 2. The van der Waals surface area contributed by atoms with Gasteiger partial charge in [0.05, 0.1) is 4.90 Å². The van der Waals surface area contributed by atoms with E-state index in [-0.39, 0.29) is 29.7 Å². The summed E-state index contributed by atoms with van der Waals surface area (Å²) >= 11 is 0. The lowest BCUT2D eigenvalue weighted by Crippen LogP contribution is -2.32. The molecule has 1 aromatic rings. The van der Waals surface area contributed by atoms with E-state index < -0.39 is 10.0 Å². The average molecular weight is 353 g/mol. The first-order valence-electron chi connectivity index (χ1n) is 8.10. The number of rotatable bonds is 7. The summed E-state index contributed by atoms with van der Waals surface area (Å²) in [5.41, 5.74) is 0.360. The van der Waals surface area contributed by atoms with Gasteiger partial charge < -0.3 is 10.2 Å². The number of amides is 2. The van der Waals surface area contributed by atoms with Gasteiger partial charge in [0.25, 0.3) is 5.91 Å². The van der Waals surface area contributed by atoms with Crippen molar-refractivity contribution in [3.05, 3.63) is 29.8 Å². The molecule has 2 N–H and O–H groups in total. The summed E-state index contributed by atoms with van der Waals surface area (Å²) in [6.07, 6.45) is 2.36. The number of likely N-dealkylation sites (tertiary alicyclic amines) is 1. The van der Waals surface area contributed by atoms with E-state index in [1.54, 1.807) is 6.92 Å². The van der Waals surface area contributed by atoms with Gasteiger partial charge in [-0.15, -0.1) is 0 Å². The second kappa shape index (κ2) is 8.25. The van der Waals surface area contributed by atoms with Crippen molar-refractivity contribution in [2.75, 3.05) is 26.2 Å². The largest absolute Gasteiger partial charge is 0.352 e. The van der Waals surface area contributed by atoms with Crippen LogP contribution in [0.2, 0.25) is 0 Å². The first kappa shape index (κ1) is 18.4. The Bertz CT molecular complexity index is 680. The molecule has 0 spiro atoms. The van der Waals surface area contributed by atoms with Gasteiger partial charge in [0, 0.05) is 38.2 Å². The third kappa shape index (κ3) is 4.78. The SMILES string of the molecule is CCNS(=O)(=O)c1ccc(C(=O)NCCC(=O)N2CCCC2)cc1. The Labute approximate surface area is 142 Å². The van der Waals surface area contributed by atoms with E-state index in [0.29, 0.717) is 12.1 Å². The van der Waals surface area contributed by atoms with Crippen LogP contribution in [0.1, 0.15) is 36.5 Å². The highest BCUT2D eigenvalue weighted by atomic mass is 32.2. The van der Waals surface area contributed by atoms with E-state index in [2.05, 4.69) is 10.0 Å². The molecule has 0 unspecified atom stereocenters. The monoisotopic (exact) mass is 353 g/mol. The Balaban J connectivity index is 1.85. The van der Waals surface area contributed by atoms with Crippen LogP contribution in [0.15, 0.2) is 29.2 Å². The average Bonchev–Trinajstić information content (AvgIpc) is 3.09. The number of nitrogens with zero attached hydrogens (tertiary/aromatic N) is 1. The van der Waals surface area contributed by atoms with E-state index in [9.17, 15) is 18.0 Å². The Hall–Kier alpha value is -1.93. The molecule has 1 fully saturated rings. The molecule has 24 heavy (non-hydrogen) atoms. The fraction of sp³-hybridized carbons (Fsp3) is 0.500. The third-order valence-electron chi connectivity index (χ3n) is 3.84. The predicted molar refractivity (Wildman–Crippen MR) is 90.1 cm³/mol. The van der Waals surface area contributed by atoms with E-state index in [1.807, 2.05) is 4.90 Å². The standard InChI is InChI=1S/C16H23N3O4S/c1-2-18-24(22,23)14-7-5-13(6-8-14)16(21)17-10-9-15(20)19-11-3-4-12-19/h5-8,18H,2-4,9-12H2,1H3,(H,17,21). The van der Waals surface area contributed by atoms with E-state index in [1.165, 1.54) is 24.3 Å². The number of hydrogen-bond acceptors (Lipinski definition) is 4. The minimum Gasteiger partial charge on any atom is -0.352 e. The van der Waals surface area contributed by atoms with Crippen LogP contribution in [0.3, 0.4) is 0 Å². The van der Waals surface area contributed by atoms with Crippen molar-refractivity contribution in [3.8, 4) is 0 Å². The highest BCUT2D eigenvalue weighted by Gasteiger charge is 2.18. The van der Waals surface area contributed by atoms with Gasteiger partial charge in [-0.2, -0.15) is 0 Å². The molecule has 2 rings (SSSR count). The van der Waals surface area contributed by atoms with Gasteiger partial charge in [0.2, 0.25) is 15.9 Å². The zero-order valence-corrected chi connectivity index (χ0v) is 14.6. The summed E-state index contributed by atoms with van der Waals surface area (Å²) in [4.78, 5) is 25.8. The number of benzene rings is 1. The summed E-state index contributed by atoms with van der Waals surface area (Å²) in [6, 6.07) is 5.70. The van der Waals surface area contributed by atoms with Crippen LogP contribution in [0, 0.1) is 0 Å². The van der Waals surface area contributed by atoms with Crippen molar-refractivity contribution in [1.29, 1.82) is 0 Å². The molecule has 0 aliphatic carbocycles. The molecule has 0 aromatic heterocycles. The van der Waals surface area contributed by atoms with Crippen molar-refractivity contribution in [2.45, 2.75) is 31.1 Å². The maximum absolute atomic E-state index is 12.0. The summed E-state index contributed by atoms with van der Waals surface area (Å²) in [5, 5.41) is 2.69. The van der Waals surface area contributed by atoms with Gasteiger partial charge in [-0.25, -0.2) is 13.1 Å². The second-order valence-corrected chi connectivity index (χ2v) is 7.39. The first-order valence-corrected chi connectivity index (χ1v) is 9.58. The first-order chi connectivity index (χ1) is 11.4. The Morgan fingerprint density at radius 1 is 1.12 bits per heavy atom. The molecule has 0 saturated carbocycles. The van der Waals surface area contributed by atoms with Crippen LogP contribution in [0.5, 0.6) is 0 Å². The van der Waals surface area contributed by atoms with Crippen LogP contribution in [0.4, 0.5) is 0 Å². The van der Waals surface area contributed by atoms with Crippen molar-refractivity contribution in [3.63, 3.8) is 0 Å². The van der Waals surface area contributed by atoms with Gasteiger partial charge in [-0.3, -0.25) is 9.59 Å². The third-order valence-corrected chi connectivity index (χ3v) is 5.41. The second-order valence-electron chi connectivity index (χ2n) is 5.62. The molecule has 1 aromatic carbocycles. The zero-order valence-electron chi connectivity index (χ0n) is 13.7. The highest BCUT2D eigenvalue weighted by molar-refractivity contribution is 7.89. The minimum absolute atomic E-state index is 0.0554. The molecule has 2 amide bonds. The summed E-state index contributed by atoms with van der Waals surface area (Å²) in [6.45, 7) is 3.87. The van der Waals surface area contributed by atoms with Crippen LogP contribution in [-0.2, 0) is 14.8 Å². The molecule has 0 radical (unpaired) electrons. The molecule has 1 saturated heterocycles. The molecule has 1 aliphatic rings. The lowest BCUT2D eigenvalue weighted by molar-refractivity contribution is -0.129. The van der Waals surface area contributed by atoms with Crippen molar-refractivity contribution >= 4 is 21.8 Å². The molecule has 1 aliphatic heterocycles. The van der Waals surface area contributed by atoms with Crippen LogP contribution >= 0.6 is 0 Å².